The summed E-state index contributed by atoms with van der Waals surface area (Å²) in [6.07, 6.45) is 2.06. The van der Waals surface area contributed by atoms with Crippen LogP contribution >= 0.6 is 11.3 Å². The largest absolute Gasteiger partial charge is 0.493 e. The molecule has 1 heterocycles. The van der Waals surface area contributed by atoms with Gasteiger partial charge in [-0.3, -0.25) is 9.59 Å². The molecule has 164 valence electrons. The van der Waals surface area contributed by atoms with E-state index in [1.54, 1.807) is 47.8 Å². The number of rotatable bonds is 7. The number of ether oxygens (including phenoxy) is 2. The van der Waals surface area contributed by atoms with E-state index in [4.69, 9.17) is 9.47 Å². The van der Waals surface area contributed by atoms with Gasteiger partial charge in [0.15, 0.2) is 11.5 Å². The van der Waals surface area contributed by atoms with Gasteiger partial charge in [0.1, 0.15) is 4.88 Å². The van der Waals surface area contributed by atoms with Crippen LogP contribution in [-0.2, 0) is 16.0 Å². The highest BCUT2D eigenvalue weighted by atomic mass is 32.1. The van der Waals surface area contributed by atoms with Gasteiger partial charge >= 0.3 is 17.8 Å². The zero-order valence-corrected chi connectivity index (χ0v) is 18.3. The molecule has 2 aromatic carbocycles. The first kappa shape index (κ1) is 22.7. The molecular formula is C23H21N3O5S. The minimum Gasteiger partial charge on any atom is -0.493 e. The molecule has 0 saturated carbocycles. The molecule has 0 unspecified atom stereocenters. The second-order valence-corrected chi connectivity index (χ2v) is 7.39. The van der Waals surface area contributed by atoms with Crippen LogP contribution in [0, 0.1) is 0 Å². The van der Waals surface area contributed by atoms with Crippen molar-refractivity contribution in [3.63, 3.8) is 0 Å². The fraction of sp³-hybridized carbons (Fsp3) is 0.130. The maximum absolute atomic E-state index is 12.1. The SMILES string of the molecule is CCc1ccccc1NC(=O)C(=O)N/N=C/c1ccc(OC(=O)c2cccs2)c(OC)c1. The molecule has 0 aliphatic carbocycles. The maximum Gasteiger partial charge on any atom is 0.353 e. The number of nitrogens with zero attached hydrogens (tertiary/aromatic N) is 1. The number of esters is 1. The minimum atomic E-state index is -0.902. The van der Waals surface area contributed by atoms with Crippen molar-refractivity contribution in [1.82, 2.24) is 5.43 Å². The molecule has 0 aliphatic heterocycles. The molecule has 3 aromatic rings. The van der Waals surface area contributed by atoms with Crippen molar-refractivity contribution in [1.29, 1.82) is 0 Å². The minimum absolute atomic E-state index is 0.251. The topological polar surface area (TPSA) is 106 Å². The Kier molecular flexibility index (Phi) is 7.71. The van der Waals surface area contributed by atoms with E-state index in [0.29, 0.717) is 21.9 Å². The monoisotopic (exact) mass is 451 g/mol. The van der Waals surface area contributed by atoms with Gasteiger partial charge in [0.05, 0.1) is 13.3 Å². The van der Waals surface area contributed by atoms with Gasteiger partial charge in [-0.15, -0.1) is 11.3 Å². The van der Waals surface area contributed by atoms with Crippen LogP contribution < -0.4 is 20.2 Å². The summed E-state index contributed by atoms with van der Waals surface area (Å²) in [4.78, 5) is 36.7. The summed E-state index contributed by atoms with van der Waals surface area (Å²) in [7, 11) is 1.44. The summed E-state index contributed by atoms with van der Waals surface area (Å²) >= 11 is 1.28. The number of nitrogens with one attached hydrogen (secondary N) is 2. The van der Waals surface area contributed by atoms with Crippen molar-refractivity contribution in [2.75, 3.05) is 12.4 Å². The third kappa shape index (κ3) is 5.79. The fourth-order valence-electron chi connectivity index (χ4n) is 2.74. The highest BCUT2D eigenvalue weighted by Gasteiger charge is 2.15. The fourth-order valence-corrected chi connectivity index (χ4v) is 3.34. The van der Waals surface area contributed by atoms with E-state index < -0.39 is 17.8 Å². The lowest BCUT2D eigenvalue weighted by molar-refractivity contribution is -0.136. The van der Waals surface area contributed by atoms with Crippen LogP contribution in [-0.4, -0.2) is 31.1 Å². The predicted molar refractivity (Wildman–Crippen MR) is 122 cm³/mol. The summed E-state index contributed by atoms with van der Waals surface area (Å²) in [5.41, 5.74) is 4.25. The van der Waals surface area contributed by atoms with Crippen LogP contribution in [0.3, 0.4) is 0 Å². The molecule has 0 atom stereocenters. The molecule has 0 spiro atoms. The van der Waals surface area contributed by atoms with Gasteiger partial charge in [-0.2, -0.15) is 5.10 Å². The Morgan fingerprint density at radius 3 is 2.56 bits per heavy atom. The number of aryl methyl sites for hydroxylation is 1. The van der Waals surface area contributed by atoms with E-state index in [2.05, 4.69) is 15.8 Å². The van der Waals surface area contributed by atoms with E-state index in [9.17, 15) is 14.4 Å². The Bertz CT molecular complexity index is 1140. The van der Waals surface area contributed by atoms with Crippen molar-refractivity contribution in [3.05, 3.63) is 76.0 Å². The van der Waals surface area contributed by atoms with Gasteiger partial charge in [-0.05, 0) is 53.3 Å². The van der Waals surface area contributed by atoms with Gasteiger partial charge in [0.25, 0.3) is 0 Å². The number of hydrogen-bond donors (Lipinski definition) is 2. The first-order valence-electron chi connectivity index (χ1n) is 9.67. The van der Waals surface area contributed by atoms with Gasteiger partial charge in [0, 0.05) is 5.69 Å². The lowest BCUT2D eigenvalue weighted by atomic mass is 10.1. The summed E-state index contributed by atoms with van der Waals surface area (Å²) in [6.45, 7) is 1.96. The Balaban J connectivity index is 1.60. The predicted octanol–water partition coefficient (Wildman–Crippen LogP) is 3.63. The Labute approximate surface area is 188 Å². The van der Waals surface area contributed by atoms with E-state index >= 15 is 0 Å². The van der Waals surface area contributed by atoms with E-state index in [1.165, 1.54) is 24.7 Å². The Hall–Kier alpha value is -3.98. The van der Waals surface area contributed by atoms with Crippen molar-refractivity contribution in [2.45, 2.75) is 13.3 Å². The summed E-state index contributed by atoms with van der Waals surface area (Å²) in [5, 5.41) is 8.16. The van der Waals surface area contributed by atoms with Crippen LogP contribution in [0.15, 0.2) is 65.1 Å². The molecule has 3 rings (SSSR count). The van der Waals surface area contributed by atoms with Crippen LogP contribution in [0.5, 0.6) is 11.5 Å². The van der Waals surface area contributed by atoms with Crippen molar-refractivity contribution in [2.24, 2.45) is 5.10 Å². The summed E-state index contributed by atoms with van der Waals surface area (Å²) in [6, 6.07) is 15.4. The zero-order chi connectivity index (χ0) is 22.9. The molecule has 32 heavy (non-hydrogen) atoms. The number of carbonyl (C=O) groups is 3. The average molecular weight is 452 g/mol. The van der Waals surface area contributed by atoms with Gasteiger partial charge in [0.2, 0.25) is 0 Å². The summed E-state index contributed by atoms with van der Waals surface area (Å²) < 4.78 is 10.6. The van der Waals surface area contributed by atoms with Crippen LogP contribution in [0.1, 0.15) is 27.7 Å². The molecule has 0 aliphatic rings. The van der Waals surface area contributed by atoms with Gasteiger partial charge in [-0.25, -0.2) is 10.2 Å². The van der Waals surface area contributed by atoms with Gasteiger partial charge < -0.3 is 14.8 Å². The lowest BCUT2D eigenvalue weighted by Crippen LogP contribution is -2.32. The third-order valence-corrected chi connectivity index (χ3v) is 5.20. The zero-order valence-electron chi connectivity index (χ0n) is 17.5. The first-order chi connectivity index (χ1) is 15.5. The summed E-state index contributed by atoms with van der Waals surface area (Å²) in [5.74, 6) is -1.64. The van der Waals surface area contributed by atoms with Crippen LogP contribution in [0.25, 0.3) is 0 Å². The number of methoxy groups -OCH3 is 1. The highest BCUT2D eigenvalue weighted by molar-refractivity contribution is 7.12. The molecular weight excluding hydrogens is 430 g/mol. The van der Waals surface area contributed by atoms with Crippen molar-refractivity contribution in [3.8, 4) is 11.5 Å². The normalized spacial score (nSPS) is 10.6. The molecule has 2 amide bonds. The number of amides is 2. The van der Waals surface area contributed by atoms with Crippen LogP contribution in [0.2, 0.25) is 0 Å². The van der Waals surface area contributed by atoms with Crippen molar-refractivity contribution < 1.29 is 23.9 Å². The molecule has 1 aromatic heterocycles. The standard InChI is InChI=1S/C23H21N3O5S/c1-3-16-7-4-5-8-17(16)25-21(27)22(28)26-24-14-15-10-11-18(19(13-15)30-2)31-23(29)20-9-6-12-32-20/h4-14H,3H2,1-2H3,(H,25,27)(H,26,28)/b24-14+. The smallest absolute Gasteiger partial charge is 0.353 e. The number of anilines is 1. The average Bonchev–Trinajstić information content (AvgIpc) is 3.35. The molecule has 0 saturated heterocycles. The maximum atomic E-state index is 12.1. The Morgan fingerprint density at radius 1 is 1.03 bits per heavy atom. The molecule has 2 N–H and O–H groups in total. The number of carbonyl (C=O) groups excluding carboxylic acids is 3. The number of benzene rings is 2. The van der Waals surface area contributed by atoms with E-state index in [1.807, 2.05) is 19.1 Å². The second-order valence-electron chi connectivity index (χ2n) is 6.44. The van der Waals surface area contributed by atoms with Gasteiger partial charge in [-0.1, -0.05) is 31.2 Å². The number of para-hydroxylation sites is 1. The molecule has 0 bridgehead atoms. The quantitative estimate of drug-likeness (QED) is 0.188. The highest BCUT2D eigenvalue weighted by Crippen LogP contribution is 2.28. The molecule has 9 heteroatoms. The van der Waals surface area contributed by atoms with E-state index in [0.717, 1.165) is 12.0 Å². The second kappa shape index (κ2) is 10.9. The Morgan fingerprint density at radius 2 is 1.84 bits per heavy atom. The number of thiophene rings is 1. The molecule has 8 nitrogen and oxygen atoms in total. The third-order valence-electron chi connectivity index (χ3n) is 4.35. The molecule has 0 radical (unpaired) electrons. The lowest BCUT2D eigenvalue weighted by Gasteiger charge is -2.09. The number of hydrazone groups is 1. The van der Waals surface area contributed by atoms with E-state index in [-0.39, 0.29) is 5.75 Å². The first-order valence-corrected chi connectivity index (χ1v) is 10.6. The van der Waals surface area contributed by atoms with Crippen LogP contribution in [0.4, 0.5) is 5.69 Å². The number of hydrogen-bond acceptors (Lipinski definition) is 7. The van der Waals surface area contributed by atoms with Crippen molar-refractivity contribution >= 4 is 41.0 Å². The molecule has 0 fully saturated rings.